The molecule has 2 aromatic carbocycles. The summed E-state index contributed by atoms with van der Waals surface area (Å²) in [6.45, 7) is 4.77. The number of amides is 2. The lowest BCUT2D eigenvalue weighted by Gasteiger charge is -2.45. The number of imidazole rings is 1. The van der Waals surface area contributed by atoms with E-state index in [0.29, 0.717) is 12.0 Å². The van der Waals surface area contributed by atoms with Crippen LogP contribution >= 0.6 is 0 Å². The molecule has 1 spiro atoms. The summed E-state index contributed by atoms with van der Waals surface area (Å²) in [5.41, 5.74) is 7.16. The Bertz CT molecular complexity index is 1490. The molecule has 6 rings (SSSR count). The fourth-order valence-corrected chi connectivity index (χ4v) is 6.04. The number of hydrogen-bond acceptors (Lipinski definition) is 5. The minimum Gasteiger partial charge on any atom is -0.339 e. The summed E-state index contributed by atoms with van der Waals surface area (Å²) in [7, 11) is 0. The highest BCUT2D eigenvalue weighted by molar-refractivity contribution is 5.94. The molecule has 4 aromatic rings. The van der Waals surface area contributed by atoms with Gasteiger partial charge >= 0.3 is 0 Å². The molecule has 0 aliphatic carbocycles. The molecule has 0 bridgehead atoms. The summed E-state index contributed by atoms with van der Waals surface area (Å²) in [5.74, 6) is 0.103. The number of piperidine rings is 2. The van der Waals surface area contributed by atoms with Crippen molar-refractivity contribution < 1.29 is 9.59 Å². The number of aromatic nitrogens is 3. The molecule has 0 unspecified atom stereocenters. The minimum atomic E-state index is 0.103. The average Bonchev–Trinajstić information content (AvgIpc) is 3.41. The number of nitrogens with zero attached hydrogens (tertiary/aromatic N) is 4. The van der Waals surface area contributed by atoms with Gasteiger partial charge in [0.2, 0.25) is 6.41 Å². The van der Waals surface area contributed by atoms with E-state index in [-0.39, 0.29) is 11.4 Å². The first-order chi connectivity index (χ1) is 19.1. The lowest BCUT2D eigenvalue weighted by atomic mass is 9.80. The van der Waals surface area contributed by atoms with Gasteiger partial charge in [-0.05, 0) is 80.6 Å². The lowest BCUT2D eigenvalue weighted by Crippen LogP contribution is -2.56. The highest BCUT2D eigenvalue weighted by Gasteiger charge is 2.36. The van der Waals surface area contributed by atoms with Gasteiger partial charge in [-0.15, -0.1) is 0 Å². The van der Waals surface area contributed by atoms with E-state index in [1.54, 1.807) is 0 Å². The first kappa shape index (κ1) is 25.2. The Morgan fingerprint density at radius 3 is 2.54 bits per heavy atom. The summed E-state index contributed by atoms with van der Waals surface area (Å²) in [6.07, 6.45) is 9.14. The molecule has 8 heteroatoms. The molecule has 2 aromatic heterocycles. The van der Waals surface area contributed by atoms with Crippen LogP contribution in [0.25, 0.3) is 28.2 Å². The van der Waals surface area contributed by atoms with E-state index >= 15 is 0 Å². The van der Waals surface area contributed by atoms with E-state index in [1.165, 1.54) is 19.3 Å². The molecule has 2 N–H and O–H groups in total. The van der Waals surface area contributed by atoms with Gasteiger partial charge in [-0.2, -0.15) is 5.10 Å². The Kier molecular flexibility index (Phi) is 6.87. The van der Waals surface area contributed by atoms with Crippen molar-refractivity contribution in [3.05, 3.63) is 71.9 Å². The van der Waals surface area contributed by atoms with Gasteiger partial charge in [-0.1, -0.05) is 31.5 Å². The molecule has 2 aliphatic rings. The molecule has 39 heavy (non-hydrogen) atoms. The molecule has 2 amide bonds. The Balaban J connectivity index is 1.21. The summed E-state index contributed by atoms with van der Waals surface area (Å²) in [4.78, 5) is 30.7. The molecule has 4 heterocycles. The monoisotopic (exact) mass is 522 g/mol. The number of aryl methyl sites for hydroxylation is 1. The van der Waals surface area contributed by atoms with Crippen LogP contribution in [-0.2, 0) is 11.2 Å². The van der Waals surface area contributed by atoms with Crippen molar-refractivity contribution in [3.8, 4) is 22.5 Å². The van der Waals surface area contributed by atoms with Crippen molar-refractivity contribution in [2.75, 3.05) is 25.0 Å². The smallest absolute Gasteiger partial charge is 0.253 e. The van der Waals surface area contributed by atoms with E-state index in [9.17, 15) is 9.59 Å². The number of carbonyl (C=O) groups excluding carboxylic acids is 2. The predicted molar refractivity (Wildman–Crippen MR) is 153 cm³/mol. The SMILES string of the molecule is CCc1cc(-c2cnc3ccc(-c4ccc(C(=O)N5CCC6(CCCCN6)CC5)cc4)nn23)ccc1NC=O. The molecule has 0 radical (unpaired) electrons. The van der Waals surface area contributed by atoms with Gasteiger partial charge in [0.15, 0.2) is 5.65 Å². The number of hydrogen-bond donors (Lipinski definition) is 2. The van der Waals surface area contributed by atoms with E-state index < -0.39 is 0 Å². The van der Waals surface area contributed by atoms with E-state index in [1.807, 2.05) is 64.1 Å². The van der Waals surface area contributed by atoms with Crippen LogP contribution in [0.15, 0.2) is 60.8 Å². The largest absolute Gasteiger partial charge is 0.339 e. The van der Waals surface area contributed by atoms with Crippen LogP contribution in [-0.4, -0.2) is 57.0 Å². The van der Waals surface area contributed by atoms with Gasteiger partial charge in [0.25, 0.3) is 5.91 Å². The molecular weight excluding hydrogens is 488 g/mol. The fourth-order valence-electron chi connectivity index (χ4n) is 6.04. The Labute approximate surface area is 228 Å². The molecule has 200 valence electrons. The lowest BCUT2D eigenvalue weighted by molar-refractivity contribution is -0.105. The third kappa shape index (κ3) is 4.92. The van der Waals surface area contributed by atoms with Crippen LogP contribution in [0.1, 0.15) is 54.9 Å². The van der Waals surface area contributed by atoms with Crippen molar-refractivity contribution in [3.63, 3.8) is 0 Å². The van der Waals surface area contributed by atoms with Crippen LogP contribution < -0.4 is 10.6 Å². The highest BCUT2D eigenvalue weighted by atomic mass is 16.2. The second kappa shape index (κ2) is 10.6. The molecule has 2 aliphatic heterocycles. The van der Waals surface area contributed by atoms with Crippen molar-refractivity contribution in [1.82, 2.24) is 24.8 Å². The zero-order chi connectivity index (χ0) is 26.8. The predicted octanol–water partition coefficient (Wildman–Crippen LogP) is 4.94. The number of carbonyl (C=O) groups is 2. The van der Waals surface area contributed by atoms with E-state index in [0.717, 1.165) is 78.3 Å². The molecule has 2 saturated heterocycles. The number of benzene rings is 2. The van der Waals surface area contributed by atoms with Gasteiger partial charge < -0.3 is 15.5 Å². The number of rotatable bonds is 6. The maximum Gasteiger partial charge on any atom is 0.253 e. The number of fused-ring (bicyclic) bond motifs is 1. The van der Waals surface area contributed by atoms with Gasteiger partial charge in [0.05, 0.1) is 17.6 Å². The number of nitrogens with one attached hydrogen (secondary N) is 2. The summed E-state index contributed by atoms with van der Waals surface area (Å²) in [6, 6.07) is 17.6. The minimum absolute atomic E-state index is 0.103. The Morgan fingerprint density at radius 1 is 1.03 bits per heavy atom. The standard InChI is InChI=1S/C31H34N6O2/c1-2-22-19-25(9-10-26(22)33-21-38)28-20-32-29-12-11-27(35-37(28)29)23-5-7-24(8-6-23)30(39)36-17-14-31(15-18-36)13-3-4-16-34-31/h5-12,19-21,34H,2-4,13-18H2,1H3,(H,33,38). The first-order valence-corrected chi connectivity index (χ1v) is 13.9. The Hall–Kier alpha value is -4.04. The van der Waals surface area contributed by atoms with Crippen molar-refractivity contribution >= 4 is 23.7 Å². The van der Waals surface area contributed by atoms with Crippen LogP contribution in [0.5, 0.6) is 0 Å². The zero-order valence-corrected chi connectivity index (χ0v) is 22.3. The first-order valence-electron chi connectivity index (χ1n) is 13.9. The second-order valence-corrected chi connectivity index (χ2v) is 10.7. The quantitative estimate of drug-likeness (QED) is 0.350. The molecular formula is C31H34N6O2. The van der Waals surface area contributed by atoms with Crippen LogP contribution in [0.4, 0.5) is 5.69 Å². The molecule has 0 atom stereocenters. The average molecular weight is 523 g/mol. The van der Waals surface area contributed by atoms with Crippen LogP contribution in [0.2, 0.25) is 0 Å². The molecule has 2 fully saturated rings. The van der Waals surface area contributed by atoms with Gasteiger partial charge in [0, 0.05) is 41.0 Å². The maximum atomic E-state index is 13.2. The zero-order valence-electron chi connectivity index (χ0n) is 22.3. The van der Waals surface area contributed by atoms with Crippen molar-refractivity contribution in [2.24, 2.45) is 0 Å². The summed E-state index contributed by atoms with van der Waals surface area (Å²) in [5, 5.41) is 11.4. The second-order valence-electron chi connectivity index (χ2n) is 10.7. The number of likely N-dealkylation sites (tertiary alicyclic amines) is 1. The Morgan fingerprint density at radius 2 is 1.82 bits per heavy atom. The van der Waals surface area contributed by atoms with E-state index in [2.05, 4.69) is 28.6 Å². The third-order valence-corrected chi connectivity index (χ3v) is 8.38. The van der Waals surface area contributed by atoms with Gasteiger partial charge in [-0.25, -0.2) is 9.50 Å². The van der Waals surface area contributed by atoms with Gasteiger partial charge in [-0.3, -0.25) is 9.59 Å². The van der Waals surface area contributed by atoms with Crippen LogP contribution in [0, 0.1) is 0 Å². The number of anilines is 1. The van der Waals surface area contributed by atoms with Crippen LogP contribution in [0.3, 0.4) is 0 Å². The highest BCUT2D eigenvalue weighted by Crippen LogP contribution is 2.31. The maximum absolute atomic E-state index is 13.2. The third-order valence-electron chi connectivity index (χ3n) is 8.38. The summed E-state index contributed by atoms with van der Waals surface area (Å²) >= 11 is 0. The topological polar surface area (TPSA) is 91.6 Å². The van der Waals surface area contributed by atoms with Crippen molar-refractivity contribution in [2.45, 2.75) is 51.0 Å². The molecule has 0 saturated carbocycles. The van der Waals surface area contributed by atoms with E-state index in [4.69, 9.17) is 5.10 Å². The fraction of sp³-hybridized carbons (Fsp3) is 0.355. The normalized spacial score (nSPS) is 16.9. The van der Waals surface area contributed by atoms with Gasteiger partial charge in [0.1, 0.15) is 0 Å². The van der Waals surface area contributed by atoms with Crippen molar-refractivity contribution in [1.29, 1.82) is 0 Å². The summed E-state index contributed by atoms with van der Waals surface area (Å²) < 4.78 is 1.85. The molecule has 8 nitrogen and oxygen atoms in total.